The number of benzene rings is 1. The van der Waals surface area contributed by atoms with E-state index in [4.69, 9.17) is 4.52 Å². The van der Waals surface area contributed by atoms with Gasteiger partial charge in [-0.2, -0.15) is 0 Å². The van der Waals surface area contributed by atoms with E-state index >= 15 is 0 Å². The first kappa shape index (κ1) is 15.6. The van der Waals surface area contributed by atoms with Crippen molar-refractivity contribution in [3.63, 3.8) is 0 Å². The first-order valence-corrected chi connectivity index (χ1v) is 8.34. The van der Waals surface area contributed by atoms with Crippen LogP contribution in [-0.2, 0) is 6.54 Å². The lowest BCUT2D eigenvalue weighted by Crippen LogP contribution is -2.26. The smallest absolute Gasteiger partial charge is 0.259 e. The number of carbonyl (C=O) groups is 1. The molecule has 0 unspecified atom stereocenters. The van der Waals surface area contributed by atoms with E-state index in [0.29, 0.717) is 40.4 Å². The maximum absolute atomic E-state index is 13.1. The summed E-state index contributed by atoms with van der Waals surface area (Å²) in [5.41, 5.74) is 3.23. The summed E-state index contributed by atoms with van der Waals surface area (Å²) in [4.78, 5) is 19.2. The zero-order valence-corrected chi connectivity index (χ0v) is 14.2. The standard InChI is InChI=1S/C19H19N3O3/c1-11-17-14(9-15(12-7-8-12)20-18(17)25-21-11)19(24)22(2)10-13-5-3-4-6-16(13)23/h3-6,9,12,23H,7-8,10H2,1-2H3. The average Bonchev–Trinajstić information content (AvgIpc) is 3.39. The quantitative estimate of drug-likeness (QED) is 0.789. The molecule has 6 nitrogen and oxygen atoms in total. The van der Waals surface area contributed by atoms with Gasteiger partial charge in [-0.25, -0.2) is 4.98 Å². The van der Waals surface area contributed by atoms with Crippen molar-refractivity contribution in [1.29, 1.82) is 0 Å². The molecule has 1 saturated carbocycles. The van der Waals surface area contributed by atoms with Crippen molar-refractivity contribution >= 4 is 17.0 Å². The summed E-state index contributed by atoms with van der Waals surface area (Å²) in [7, 11) is 1.72. The van der Waals surface area contributed by atoms with Crippen molar-refractivity contribution in [2.75, 3.05) is 7.05 Å². The summed E-state index contributed by atoms with van der Waals surface area (Å²) in [6.45, 7) is 2.13. The number of hydrogen-bond acceptors (Lipinski definition) is 5. The van der Waals surface area contributed by atoms with Gasteiger partial charge in [0.15, 0.2) is 0 Å². The van der Waals surface area contributed by atoms with Gasteiger partial charge in [0.25, 0.3) is 11.6 Å². The first-order valence-electron chi connectivity index (χ1n) is 8.34. The molecule has 1 aromatic carbocycles. The molecule has 1 amide bonds. The highest BCUT2D eigenvalue weighted by Crippen LogP contribution is 2.40. The van der Waals surface area contributed by atoms with E-state index in [1.807, 2.05) is 25.1 Å². The highest BCUT2D eigenvalue weighted by Gasteiger charge is 2.29. The highest BCUT2D eigenvalue weighted by molar-refractivity contribution is 6.06. The van der Waals surface area contributed by atoms with Crippen LogP contribution in [0.15, 0.2) is 34.9 Å². The fraction of sp³-hybridized carbons (Fsp3) is 0.316. The second-order valence-corrected chi connectivity index (χ2v) is 6.61. The van der Waals surface area contributed by atoms with Crippen LogP contribution in [0, 0.1) is 6.92 Å². The summed E-state index contributed by atoms with van der Waals surface area (Å²) >= 11 is 0. The Hall–Kier alpha value is -2.89. The molecular formula is C19H19N3O3. The lowest BCUT2D eigenvalue weighted by Gasteiger charge is -2.18. The van der Waals surface area contributed by atoms with Crippen LogP contribution in [0.4, 0.5) is 0 Å². The Bertz CT molecular complexity index is 960. The van der Waals surface area contributed by atoms with Gasteiger partial charge in [0.05, 0.1) is 16.6 Å². The lowest BCUT2D eigenvalue weighted by atomic mass is 10.1. The van der Waals surface area contributed by atoms with E-state index in [0.717, 1.165) is 18.5 Å². The molecule has 3 aromatic rings. The topological polar surface area (TPSA) is 79.5 Å². The van der Waals surface area contributed by atoms with Gasteiger partial charge in [0, 0.05) is 30.8 Å². The molecular weight excluding hydrogens is 318 g/mol. The molecule has 1 aliphatic rings. The Labute approximate surface area is 145 Å². The fourth-order valence-electron chi connectivity index (χ4n) is 3.05. The van der Waals surface area contributed by atoms with Crippen molar-refractivity contribution < 1.29 is 14.4 Å². The van der Waals surface area contributed by atoms with Gasteiger partial charge in [-0.15, -0.1) is 0 Å². The van der Waals surface area contributed by atoms with Crippen LogP contribution in [0.25, 0.3) is 11.1 Å². The SMILES string of the molecule is Cc1noc2nc(C3CC3)cc(C(=O)N(C)Cc3ccccc3O)c12. The number of aromatic nitrogens is 2. The van der Waals surface area contributed by atoms with Gasteiger partial charge >= 0.3 is 0 Å². The largest absolute Gasteiger partial charge is 0.508 e. The van der Waals surface area contributed by atoms with Crippen molar-refractivity contribution in [2.24, 2.45) is 0 Å². The molecule has 2 heterocycles. The third kappa shape index (κ3) is 2.84. The molecule has 4 rings (SSSR count). The second-order valence-electron chi connectivity index (χ2n) is 6.61. The average molecular weight is 337 g/mol. The number of rotatable bonds is 4. The molecule has 0 atom stereocenters. The maximum Gasteiger partial charge on any atom is 0.259 e. The van der Waals surface area contributed by atoms with Crippen molar-refractivity contribution in [1.82, 2.24) is 15.0 Å². The molecule has 0 bridgehead atoms. The van der Waals surface area contributed by atoms with E-state index in [-0.39, 0.29) is 11.7 Å². The number of phenolic OH excluding ortho intramolecular Hbond substituents is 1. The summed E-state index contributed by atoms with van der Waals surface area (Å²) in [6, 6.07) is 8.89. The minimum Gasteiger partial charge on any atom is -0.508 e. The third-order valence-electron chi connectivity index (χ3n) is 4.61. The molecule has 25 heavy (non-hydrogen) atoms. The number of pyridine rings is 1. The van der Waals surface area contributed by atoms with Gasteiger partial charge in [0.1, 0.15) is 5.75 Å². The molecule has 1 fully saturated rings. The number of phenols is 1. The zero-order valence-electron chi connectivity index (χ0n) is 14.2. The molecule has 0 spiro atoms. The maximum atomic E-state index is 13.1. The number of nitrogens with zero attached hydrogens (tertiary/aromatic N) is 3. The van der Waals surface area contributed by atoms with Crippen LogP contribution >= 0.6 is 0 Å². The summed E-state index contributed by atoms with van der Waals surface area (Å²) in [6.07, 6.45) is 2.18. The number of carbonyl (C=O) groups excluding carboxylic acids is 1. The number of aromatic hydroxyl groups is 1. The monoisotopic (exact) mass is 337 g/mol. The van der Waals surface area contributed by atoms with Crippen LogP contribution in [-0.4, -0.2) is 33.1 Å². The normalized spacial score (nSPS) is 14.0. The van der Waals surface area contributed by atoms with Gasteiger partial charge < -0.3 is 14.5 Å². The first-order chi connectivity index (χ1) is 12.0. The molecule has 128 valence electrons. The Morgan fingerprint density at radius 2 is 2.12 bits per heavy atom. The number of hydrogen-bond donors (Lipinski definition) is 1. The van der Waals surface area contributed by atoms with Gasteiger partial charge in [-0.3, -0.25) is 4.79 Å². The van der Waals surface area contributed by atoms with Gasteiger partial charge in [0.2, 0.25) is 0 Å². The number of amides is 1. The summed E-state index contributed by atoms with van der Waals surface area (Å²) < 4.78 is 5.30. The van der Waals surface area contributed by atoms with Crippen molar-refractivity contribution in [2.45, 2.75) is 32.2 Å². The van der Waals surface area contributed by atoms with E-state index in [2.05, 4.69) is 10.1 Å². The zero-order chi connectivity index (χ0) is 17.6. The lowest BCUT2D eigenvalue weighted by molar-refractivity contribution is 0.0786. The van der Waals surface area contributed by atoms with Crippen molar-refractivity contribution in [3.8, 4) is 5.75 Å². The molecule has 6 heteroatoms. The minimum absolute atomic E-state index is 0.135. The number of fused-ring (bicyclic) bond motifs is 1. The second kappa shape index (κ2) is 5.88. The van der Waals surface area contributed by atoms with E-state index < -0.39 is 0 Å². The van der Waals surface area contributed by atoms with Crippen LogP contribution in [0.5, 0.6) is 5.75 Å². The molecule has 0 saturated heterocycles. The van der Waals surface area contributed by atoms with Gasteiger partial charge in [-0.05, 0) is 31.9 Å². The predicted molar refractivity (Wildman–Crippen MR) is 92.4 cm³/mol. The van der Waals surface area contributed by atoms with E-state index in [1.54, 1.807) is 24.1 Å². The Morgan fingerprint density at radius 3 is 2.84 bits per heavy atom. The molecule has 0 radical (unpaired) electrons. The van der Waals surface area contributed by atoms with E-state index in [9.17, 15) is 9.90 Å². The number of para-hydroxylation sites is 1. The highest BCUT2D eigenvalue weighted by atomic mass is 16.5. The summed E-state index contributed by atoms with van der Waals surface area (Å²) in [5.74, 6) is 0.454. The van der Waals surface area contributed by atoms with Crippen molar-refractivity contribution in [3.05, 3.63) is 52.8 Å². The van der Waals surface area contributed by atoms with Gasteiger partial charge in [-0.1, -0.05) is 23.4 Å². The minimum atomic E-state index is -0.135. The van der Waals surface area contributed by atoms with Crippen LogP contribution < -0.4 is 0 Å². The fourth-order valence-corrected chi connectivity index (χ4v) is 3.05. The van der Waals surface area contributed by atoms with Crippen LogP contribution in [0.2, 0.25) is 0 Å². The van der Waals surface area contributed by atoms with Crippen LogP contribution in [0.3, 0.4) is 0 Å². The Morgan fingerprint density at radius 1 is 1.36 bits per heavy atom. The third-order valence-corrected chi connectivity index (χ3v) is 4.61. The number of aryl methyl sites for hydroxylation is 1. The predicted octanol–water partition coefficient (Wildman–Crippen LogP) is 3.39. The molecule has 1 N–H and O–H groups in total. The molecule has 0 aliphatic heterocycles. The van der Waals surface area contributed by atoms with Crippen LogP contribution in [0.1, 0.15) is 46.1 Å². The Kier molecular flexibility index (Phi) is 3.67. The van der Waals surface area contributed by atoms with E-state index in [1.165, 1.54) is 0 Å². The molecule has 2 aromatic heterocycles. The summed E-state index contributed by atoms with van der Waals surface area (Å²) in [5, 5.41) is 14.6. The Balaban J connectivity index is 1.71. The molecule has 1 aliphatic carbocycles.